The van der Waals surface area contributed by atoms with Crippen LogP contribution in [-0.2, 0) is 0 Å². The molecule has 0 radical (unpaired) electrons. The molecule has 0 saturated carbocycles. The van der Waals surface area contributed by atoms with Gasteiger partial charge in [0.15, 0.2) is 0 Å². The van der Waals surface area contributed by atoms with Crippen molar-refractivity contribution >= 4 is 11.6 Å². The van der Waals surface area contributed by atoms with E-state index in [0.717, 1.165) is 29.4 Å². The molecule has 2 rings (SSSR count). The highest BCUT2D eigenvalue weighted by atomic mass is 35.5. The van der Waals surface area contributed by atoms with E-state index < -0.39 is 0 Å². The molecule has 0 fully saturated rings. The Morgan fingerprint density at radius 1 is 1.10 bits per heavy atom. The Morgan fingerprint density at radius 3 is 2.40 bits per heavy atom. The van der Waals surface area contributed by atoms with Crippen molar-refractivity contribution in [1.82, 2.24) is 5.32 Å². The minimum absolute atomic E-state index is 0.0870. The molecule has 3 heteroatoms. The van der Waals surface area contributed by atoms with Crippen LogP contribution < -0.4 is 10.1 Å². The molecule has 1 unspecified atom stereocenters. The minimum Gasteiger partial charge on any atom is -0.494 e. The maximum absolute atomic E-state index is 6.28. The zero-order valence-corrected chi connectivity index (χ0v) is 12.7. The van der Waals surface area contributed by atoms with E-state index in [1.165, 1.54) is 5.56 Å². The van der Waals surface area contributed by atoms with Crippen molar-refractivity contribution in [3.8, 4) is 5.75 Å². The van der Waals surface area contributed by atoms with Crippen LogP contribution in [0.15, 0.2) is 48.5 Å². The van der Waals surface area contributed by atoms with Crippen LogP contribution in [0.5, 0.6) is 5.75 Å². The van der Waals surface area contributed by atoms with E-state index in [1.54, 1.807) is 0 Å². The van der Waals surface area contributed by atoms with Crippen molar-refractivity contribution in [3.05, 3.63) is 64.7 Å². The van der Waals surface area contributed by atoms with Gasteiger partial charge in [-0.15, -0.1) is 0 Å². The molecule has 1 N–H and O–H groups in total. The molecule has 0 aromatic heterocycles. The summed E-state index contributed by atoms with van der Waals surface area (Å²) in [5, 5.41) is 4.09. The number of nitrogens with one attached hydrogen (secondary N) is 1. The minimum atomic E-state index is 0.0870. The van der Waals surface area contributed by atoms with Gasteiger partial charge in [-0.3, -0.25) is 0 Å². The highest BCUT2D eigenvalue weighted by molar-refractivity contribution is 6.31. The van der Waals surface area contributed by atoms with E-state index >= 15 is 0 Å². The molecule has 0 spiro atoms. The standard InChI is InChI=1S/C17H20ClNO/c1-3-12-20-14-10-8-13(9-11-14)17(19-2)15-6-4-5-7-16(15)18/h4-11,17,19H,3,12H2,1-2H3. The molecule has 20 heavy (non-hydrogen) atoms. The average Bonchev–Trinajstić information content (AvgIpc) is 2.49. The molecule has 2 nitrogen and oxygen atoms in total. The van der Waals surface area contributed by atoms with Gasteiger partial charge in [0.05, 0.1) is 12.6 Å². The Balaban J connectivity index is 2.22. The third-order valence-corrected chi connectivity index (χ3v) is 3.54. The monoisotopic (exact) mass is 289 g/mol. The highest BCUT2D eigenvalue weighted by Gasteiger charge is 2.14. The van der Waals surface area contributed by atoms with E-state index in [9.17, 15) is 0 Å². The molecule has 0 aliphatic carbocycles. The van der Waals surface area contributed by atoms with Crippen LogP contribution in [0.25, 0.3) is 0 Å². The first-order chi connectivity index (χ1) is 9.76. The second-order valence-corrected chi connectivity index (χ2v) is 5.07. The summed E-state index contributed by atoms with van der Waals surface area (Å²) in [5.41, 5.74) is 2.25. The Labute approximate surface area is 125 Å². The molecular weight excluding hydrogens is 270 g/mol. The van der Waals surface area contributed by atoms with Crippen molar-refractivity contribution in [2.24, 2.45) is 0 Å². The van der Waals surface area contributed by atoms with Gasteiger partial charge >= 0.3 is 0 Å². The largest absolute Gasteiger partial charge is 0.494 e. The van der Waals surface area contributed by atoms with Gasteiger partial charge in [-0.05, 0) is 42.8 Å². The average molecular weight is 290 g/mol. The first-order valence-electron chi connectivity index (χ1n) is 6.90. The summed E-state index contributed by atoms with van der Waals surface area (Å²) < 4.78 is 5.61. The van der Waals surface area contributed by atoms with Crippen LogP contribution in [0.1, 0.15) is 30.5 Å². The van der Waals surface area contributed by atoms with Crippen molar-refractivity contribution in [3.63, 3.8) is 0 Å². The predicted octanol–water partition coefficient (Wildman–Crippen LogP) is 4.44. The second-order valence-electron chi connectivity index (χ2n) is 4.66. The maximum Gasteiger partial charge on any atom is 0.119 e. The lowest BCUT2D eigenvalue weighted by atomic mass is 9.99. The van der Waals surface area contributed by atoms with Crippen LogP contribution in [0.2, 0.25) is 5.02 Å². The summed E-state index contributed by atoms with van der Waals surface area (Å²) in [5.74, 6) is 0.907. The summed E-state index contributed by atoms with van der Waals surface area (Å²) in [7, 11) is 1.94. The van der Waals surface area contributed by atoms with Crippen LogP contribution in [0.4, 0.5) is 0 Å². The number of hydrogen-bond acceptors (Lipinski definition) is 2. The van der Waals surface area contributed by atoms with Gasteiger partial charge in [-0.2, -0.15) is 0 Å². The fourth-order valence-electron chi connectivity index (χ4n) is 2.19. The first-order valence-corrected chi connectivity index (χ1v) is 7.28. The molecule has 0 aliphatic rings. The lowest BCUT2D eigenvalue weighted by molar-refractivity contribution is 0.317. The van der Waals surface area contributed by atoms with Crippen molar-refractivity contribution in [2.45, 2.75) is 19.4 Å². The molecule has 0 saturated heterocycles. The van der Waals surface area contributed by atoms with Crippen molar-refractivity contribution < 1.29 is 4.74 Å². The fraction of sp³-hybridized carbons (Fsp3) is 0.294. The molecule has 0 amide bonds. The van der Waals surface area contributed by atoms with Gasteiger partial charge in [0.25, 0.3) is 0 Å². The fourth-order valence-corrected chi connectivity index (χ4v) is 2.43. The maximum atomic E-state index is 6.28. The van der Waals surface area contributed by atoms with Crippen LogP contribution >= 0.6 is 11.6 Å². The molecule has 106 valence electrons. The number of halogens is 1. The number of hydrogen-bond donors (Lipinski definition) is 1. The van der Waals surface area contributed by atoms with Gasteiger partial charge in [0.1, 0.15) is 5.75 Å². The van der Waals surface area contributed by atoms with Crippen LogP contribution in [0.3, 0.4) is 0 Å². The smallest absolute Gasteiger partial charge is 0.119 e. The Bertz CT molecular complexity index is 539. The quantitative estimate of drug-likeness (QED) is 0.849. The summed E-state index contributed by atoms with van der Waals surface area (Å²) >= 11 is 6.28. The Hall–Kier alpha value is -1.51. The number of benzene rings is 2. The summed E-state index contributed by atoms with van der Waals surface area (Å²) in [6.45, 7) is 2.85. The Morgan fingerprint density at radius 2 is 1.80 bits per heavy atom. The molecule has 0 bridgehead atoms. The van der Waals surface area contributed by atoms with Crippen molar-refractivity contribution in [1.29, 1.82) is 0 Å². The lowest BCUT2D eigenvalue weighted by Crippen LogP contribution is -2.17. The highest BCUT2D eigenvalue weighted by Crippen LogP contribution is 2.28. The SMILES string of the molecule is CCCOc1ccc(C(NC)c2ccccc2Cl)cc1. The summed E-state index contributed by atoms with van der Waals surface area (Å²) in [6.07, 6.45) is 1.01. The predicted molar refractivity (Wildman–Crippen MR) is 84.6 cm³/mol. The van der Waals surface area contributed by atoms with Gasteiger partial charge in [0, 0.05) is 5.02 Å². The zero-order valence-electron chi connectivity index (χ0n) is 11.9. The van der Waals surface area contributed by atoms with Gasteiger partial charge in [-0.1, -0.05) is 48.9 Å². The Kier molecular flexibility index (Phi) is 5.45. The molecular formula is C17H20ClNO. The van der Waals surface area contributed by atoms with Crippen LogP contribution in [-0.4, -0.2) is 13.7 Å². The zero-order chi connectivity index (χ0) is 14.4. The van der Waals surface area contributed by atoms with Crippen molar-refractivity contribution in [2.75, 3.05) is 13.7 Å². The van der Waals surface area contributed by atoms with E-state index in [4.69, 9.17) is 16.3 Å². The normalized spacial score (nSPS) is 12.2. The molecule has 2 aromatic carbocycles. The number of ether oxygens (including phenoxy) is 1. The summed E-state index contributed by atoms with van der Waals surface area (Å²) in [4.78, 5) is 0. The van der Waals surface area contributed by atoms with E-state index in [-0.39, 0.29) is 6.04 Å². The van der Waals surface area contributed by atoms with E-state index in [1.807, 2.05) is 43.4 Å². The van der Waals surface area contributed by atoms with E-state index in [2.05, 4.69) is 24.4 Å². The van der Waals surface area contributed by atoms with E-state index in [0.29, 0.717) is 0 Å². The first kappa shape index (κ1) is 14.9. The van der Waals surface area contributed by atoms with Gasteiger partial charge in [0.2, 0.25) is 0 Å². The van der Waals surface area contributed by atoms with Gasteiger partial charge in [-0.25, -0.2) is 0 Å². The summed E-state index contributed by atoms with van der Waals surface area (Å²) in [6, 6.07) is 16.2. The molecule has 1 atom stereocenters. The second kappa shape index (κ2) is 7.32. The molecule has 0 heterocycles. The van der Waals surface area contributed by atoms with Gasteiger partial charge < -0.3 is 10.1 Å². The third kappa shape index (κ3) is 3.53. The molecule has 2 aromatic rings. The third-order valence-electron chi connectivity index (χ3n) is 3.19. The lowest BCUT2D eigenvalue weighted by Gasteiger charge is -2.19. The number of rotatable bonds is 6. The topological polar surface area (TPSA) is 21.3 Å². The molecule has 0 aliphatic heterocycles. The van der Waals surface area contributed by atoms with Crippen LogP contribution in [0, 0.1) is 0 Å².